The van der Waals surface area contributed by atoms with E-state index in [1.807, 2.05) is 54.6 Å². The van der Waals surface area contributed by atoms with E-state index in [2.05, 4.69) is 10.3 Å². The quantitative estimate of drug-likeness (QED) is 0.394. The van der Waals surface area contributed by atoms with Crippen LogP contribution in [0.3, 0.4) is 0 Å². The first-order chi connectivity index (χ1) is 15.3. The average molecular weight is 451 g/mol. The van der Waals surface area contributed by atoms with E-state index in [1.54, 1.807) is 6.20 Å². The molecular weight excluding hydrogens is 432 g/mol. The third-order valence-electron chi connectivity index (χ3n) is 4.95. The van der Waals surface area contributed by atoms with Crippen molar-refractivity contribution in [3.63, 3.8) is 0 Å². The van der Waals surface area contributed by atoms with Gasteiger partial charge in [-0.3, -0.25) is 9.78 Å². The molecule has 5 nitrogen and oxygen atoms in total. The smallest absolute Gasteiger partial charge is 0.323 e. The van der Waals surface area contributed by atoms with Crippen molar-refractivity contribution in [3.05, 3.63) is 90.8 Å². The van der Waals surface area contributed by atoms with Crippen LogP contribution in [0, 0.1) is 4.78 Å². The van der Waals surface area contributed by atoms with Crippen LogP contribution in [0.4, 0.5) is 14.5 Å². The van der Waals surface area contributed by atoms with Gasteiger partial charge in [0.15, 0.2) is 0 Å². The summed E-state index contributed by atoms with van der Waals surface area (Å²) >= 11 is 0. The molecule has 1 heterocycles. The molecule has 0 aliphatic rings. The summed E-state index contributed by atoms with van der Waals surface area (Å²) in [6.45, 7) is 0. The van der Waals surface area contributed by atoms with Gasteiger partial charge in [-0.2, -0.15) is 8.78 Å². The fraction of sp³-hybridized carbons (Fsp3) is 0.0833. The fourth-order valence-electron chi connectivity index (χ4n) is 3.33. The number of nitrogens with one attached hydrogen (secondary N) is 2. The second-order valence-electron chi connectivity index (χ2n) is 7.22. The normalized spacial score (nSPS) is 13.1. The lowest BCUT2D eigenvalue weighted by atomic mass is 10.0. The number of nitrogens with zero attached hydrogens (tertiary/aromatic N) is 1. The van der Waals surface area contributed by atoms with E-state index in [1.165, 1.54) is 18.2 Å². The van der Waals surface area contributed by atoms with Crippen LogP contribution >= 0.6 is 0 Å². The largest absolute Gasteiger partial charge is 0.326 e. The first-order valence-corrected chi connectivity index (χ1v) is 11.3. The van der Waals surface area contributed by atoms with Crippen molar-refractivity contribution in [3.8, 4) is 11.1 Å². The number of fused-ring (bicyclic) bond motifs is 1. The molecule has 2 N–H and O–H groups in total. The number of rotatable bonds is 6. The summed E-state index contributed by atoms with van der Waals surface area (Å²) in [4.78, 5) is 16.5. The number of halogens is 2. The van der Waals surface area contributed by atoms with Gasteiger partial charge in [0.2, 0.25) is 5.91 Å². The van der Waals surface area contributed by atoms with Crippen molar-refractivity contribution in [2.75, 3.05) is 5.32 Å². The van der Waals surface area contributed by atoms with E-state index < -0.39 is 21.4 Å². The number of hydrogen-bond acceptors (Lipinski definition) is 4. The highest BCUT2D eigenvalue weighted by Gasteiger charge is 2.22. The highest BCUT2D eigenvalue weighted by atomic mass is 32.2. The van der Waals surface area contributed by atoms with Crippen molar-refractivity contribution < 1.29 is 17.8 Å². The lowest BCUT2D eigenvalue weighted by Gasteiger charge is -2.10. The molecule has 0 saturated carbocycles. The summed E-state index contributed by atoms with van der Waals surface area (Å²) in [6.07, 6.45) is 1.67. The maximum absolute atomic E-state index is 12.9. The molecule has 1 aromatic heterocycles. The number of pyridine rings is 1. The van der Waals surface area contributed by atoms with Gasteiger partial charge in [-0.25, -0.2) is 8.99 Å². The molecule has 0 aliphatic carbocycles. The molecule has 0 bridgehead atoms. The number of carbonyl (C=O) groups is 1. The topological polar surface area (TPSA) is 82.9 Å². The predicted octanol–water partition coefficient (Wildman–Crippen LogP) is 5.71. The van der Waals surface area contributed by atoms with Crippen molar-refractivity contribution in [2.24, 2.45) is 0 Å². The van der Waals surface area contributed by atoms with Gasteiger partial charge in [-0.15, -0.1) is 0 Å². The molecule has 0 spiro atoms. The molecule has 0 radical (unpaired) electrons. The van der Waals surface area contributed by atoms with E-state index in [-0.39, 0.29) is 17.0 Å². The predicted molar refractivity (Wildman–Crippen MR) is 121 cm³/mol. The second kappa shape index (κ2) is 8.84. The average Bonchev–Trinajstić information content (AvgIpc) is 2.79. The van der Waals surface area contributed by atoms with Gasteiger partial charge in [0.1, 0.15) is 9.73 Å². The molecule has 4 aromatic rings. The van der Waals surface area contributed by atoms with Gasteiger partial charge in [0.25, 0.3) is 0 Å². The Kier molecular flexibility index (Phi) is 5.96. The van der Waals surface area contributed by atoms with E-state index in [0.717, 1.165) is 28.0 Å². The Morgan fingerprint density at radius 3 is 2.47 bits per heavy atom. The van der Waals surface area contributed by atoms with Crippen LogP contribution in [-0.4, -0.2) is 20.9 Å². The number of anilines is 1. The van der Waals surface area contributed by atoms with Gasteiger partial charge in [-0.05, 0) is 46.8 Å². The standard InChI is InChI=1S/C24H19F2N3O2S/c25-24(26)32(27,31)22-8-4-7-20(13-22)29-23(30)14-21-12-19-11-17(9-10-18(19)15-28-21)16-5-2-1-3-6-16/h1-13,15,24,27H,14H2,(H,29,30)/t32-/m1/s1. The van der Waals surface area contributed by atoms with Crippen molar-refractivity contribution in [1.82, 2.24) is 4.98 Å². The maximum Gasteiger partial charge on any atom is 0.323 e. The number of carbonyl (C=O) groups excluding carboxylic acids is 1. The number of hydrogen-bond donors (Lipinski definition) is 2. The Labute approximate surface area is 184 Å². The van der Waals surface area contributed by atoms with Crippen LogP contribution in [0.15, 0.2) is 90.0 Å². The zero-order chi connectivity index (χ0) is 22.7. The number of aromatic nitrogens is 1. The van der Waals surface area contributed by atoms with Gasteiger partial charge in [-0.1, -0.05) is 48.5 Å². The van der Waals surface area contributed by atoms with Crippen molar-refractivity contribution in [2.45, 2.75) is 17.1 Å². The van der Waals surface area contributed by atoms with Crippen LogP contribution in [0.25, 0.3) is 21.9 Å². The first kappa shape index (κ1) is 21.6. The Morgan fingerprint density at radius 1 is 0.938 bits per heavy atom. The Bertz CT molecular complexity index is 1390. The highest BCUT2D eigenvalue weighted by molar-refractivity contribution is 7.92. The molecule has 4 rings (SSSR count). The molecule has 0 fully saturated rings. The molecular formula is C24H19F2N3O2S. The second-order valence-corrected chi connectivity index (χ2v) is 9.25. The Hall–Kier alpha value is -3.65. The summed E-state index contributed by atoms with van der Waals surface area (Å²) in [6, 6.07) is 23.0. The monoisotopic (exact) mass is 451 g/mol. The van der Waals surface area contributed by atoms with Gasteiger partial charge >= 0.3 is 5.76 Å². The van der Waals surface area contributed by atoms with Crippen LogP contribution in [0.5, 0.6) is 0 Å². The fourth-order valence-corrected chi connectivity index (χ4v) is 4.12. The SMILES string of the molecule is N=[S@@](=O)(c1cccc(NC(=O)Cc2cc3cc(-c4ccccc4)ccc3cn2)c1)C(F)F. The zero-order valence-corrected chi connectivity index (χ0v) is 17.6. The minimum atomic E-state index is -4.24. The summed E-state index contributed by atoms with van der Waals surface area (Å²) < 4.78 is 45.0. The van der Waals surface area contributed by atoms with E-state index in [4.69, 9.17) is 4.78 Å². The van der Waals surface area contributed by atoms with Crippen molar-refractivity contribution in [1.29, 1.82) is 4.78 Å². The van der Waals surface area contributed by atoms with Gasteiger partial charge in [0.05, 0.1) is 17.0 Å². The van der Waals surface area contributed by atoms with E-state index in [9.17, 15) is 17.8 Å². The molecule has 0 unspecified atom stereocenters. The summed E-state index contributed by atoms with van der Waals surface area (Å²) in [5, 5.41) is 4.48. The molecule has 162 valence electrons. The molecule has 1 atom stereocenters. The summed E-state index contributed by atoms with van der Waals surface area (Å²) in [5.74, 6) is -3.71. The maximum atomic E-state index is 12.9. The van der Waals surface area contributed by atoms with Crippen LogP contribution in [-0.2, 0) is 20.9 Å². The lowest BCUT2D eigenvalue weighted by Crippen LogP contribution is -2.16. The summed E-state index contributed by atoms with van der Waals surface area (Å²) in [7, 11) is -4.24. The number of benzene rings is 3. The lowest BCUT2D eigenvalue weighted by molar-refractivity contribution is -0.115. The van der Waals surface area contributed by atoms with Crippen LogP contribution < -0.4 is 5.32 Å². The molecule has 8 heteroatoms. The zero-order valence-electron chi connectivity index (χ0n) is 16.8. The van der Waals surface area contributed by atoms with Gasteiger partial charge < -0.3 is 5.32 Å². The highest BCUT2D eigenvalue weighted by Crippen LogP contribution is 2.25. The minimum Gasteiger partial charge on any atom is -0.326 e. The van der Waals surface area contributed by atoms with Crippen LogP contribution in [0.1, 0.15) is 5.69 Å². The van der Waals surface area contributed by atoms with Crippen molar-refractivity contribution >= 4 is 32.1 Å². The number of amides is 1. The first-order valence-electron chi connectivity index (χ1n) is 9.73. The molecule has 32 heavy (non-hydrogen) atoms. The molecule has 0 aliphatic heterocycles. The van der Waals surface area contributed by atoms with Gasteiger partial charge in [0, 0.05) is 17.3 Å². The third kappa shape index (κ3) is 4.65. The minimum absolute atomic E-state index is 0.0270. The molecule has 1 amide bonds. The molecule has 3 aromatic carbocycles. The summed E-state index contributed by atoms with van der Waals surface area (Å²) in [5.41, 5.74) is 2.88. The van der Waals surface area contributed by atoms with Crippen LogP contribution in [0.2, 0.25) is 0 Å². The Morgan fingerprint density at radius 2 is 1.72 bits per heavy atom. The molecule has 0 saturated heterocycles. The Balaban J connectivity index is 1.53. The third-order valence-corrected chi connectivity index (χ3v) is 6.40. The van der Waals surface area contributed by atoms with E-state index >= 15 is 0 Å². The number of alkyl halides is 2. The van der Waals surface area contributed by atoms with E-state index in [0.29, 0.717) is 5.69 Å².